The SMILES string of the molecule is CC(C)C[C@@H]1NC(=O)[C@H](Cc2c[nH]c3ccccc23)NC(=O)[C@H](CCCN=C(N)N)NC(=O)[C@H](CCCCN)NC(=O)[C@H](C(C)C)NC(=O)[C@@H](CC(C)C)NC1=O. The Morgan fingerprint density at radius 2 is 1.12 bits per heavy atom. The predicted molar refractivity (Wildman–Crippen MR) is 220 cm³/mol. The molecule has 2 aromatic rings. The molecule has 13 N–H and O–H groups in total. The molecule has 2 heterocycles. The quantitative estimate of drug-likeness (QED) is 0.0684. The Bertz CT molecular complexity index is 1700. The van der Waals surface area contributed by atoms with Gasteiger partial charge in [-0.3, -0.25) is 33.8 Å². The van der Waals surface area contributed by atoms with Gasteiger partial charge in [-0.2, -0.15) is 0 Å². The average Bonchev–Trinajstić information content (AvgIpc) is 3.55. The highest BCUT2D eigenvalue weighted by molar-refractivity contribution is 5.98. The number of carbonyl (C=O) groups is 6. The third-order valence-corrected chi connectivity index (χ3v) is 9.82. The Hall–Kier alpha value is -5.19. The highest BCUT2D eigenvalue weighted by atomic mass is 16.2. The van der Waals surface area contributed by atoms with Crippen LogP contribution in [0.4, 0.5) is 0 Å². The van der Waals surface area contributed by atoms with Crippen molar-refractivity contribution >= 4 is 52.3 Å². The molecule has 316 valence electrons. The monoisotopic (exact) mass is 796 g/mol. The van der Waals surface area contributed by atoms with Crippen molar-refractivity contribution in [1.29, 1.82) is 0 Å². The van der Waals surface area contributed by atoms with E-state index in [1.165, 1.54) is 0 Å². The van der Waals surface area contributed by atoms with Gasteiger partial charge in [-0.1, -0.05) is 59.7 Å². The van der Waals surface area contributed by atoms with Gasteiger partial charge in [-0.05, 0) is 80.9 Å². The van der Waals surface area contributed by atoms with Crippen molar-refractivity contribution in [3.63, 3.8) is 0 Å². The molecule has 0 spiro atoms. The van der Waals surface area contributed by atoms with E-state index in [0.29, 0.717) is 19.4 Å². The van der Waals surface area contributed by atoms with Crippen LogP contribution >= 0.6 is 0 Å². The lowest BCUT2D eigenvalue weighted by Gasteiger charge is -2.30. The average molecular weight is 796 g/mol. The molecule has 1 fully saturated rings. The molecule has 17 nitrogen and oxygen atoms in total. The number of unbranched alkanes of at least 4 members (excludes halogenated alkanes) is 1. The summed E-state index contributed by atoms with van der Waals surface area (Å²) in [5.74, 6) is -4.27. The Kier molecular flexibility index (Phi) is 18.3. The van der Waals surface area contributed by atoms with Gasteiger partial charge in [0.1, 0.15) is 36.3 Å². The van der Waals surface area contributed by atoms with Gasteiger partial charge in [-0.15, -0.1) is 0 Å². The second-order valence-electron chi connectivity index (χ2n) is 16.1. The first-order chi connectivity index (χ1) is 27.0. The molecule has 1 aromatic heterocycles. The van der Waals surface area contributed by atoms with Crippen LogP contribution in [0, 0.1) is 17.8 Å². The van der Waals surface area contributed by atoms with E-state index in [1.807, 2.05) is 52.0 Å². The molecule has 3 rings (SSSR count). The Morgan fingerprint density at radius 1 is 0.632 bits per heavy atom. The summed E-state index contributed by atoms with van der Waals surface area (Å²) >= 11 is 0. The summed E-state index contributed by atoms with van der Waals surface area (Å²) in [7, 11) is 0. The standard InChI is InChI=1S/C40H65N11O6/c1-22(2)18-30-36(54)49-31(19-23(3)4)38(56)51-33(24(5)6)39(57)47-28(14-9-10-16-41)34(52)46-29(15-11-17-44-40(42)43)35(53)50-32(37(55)48-30)20-25-21-45-27-13-8-7-12-26(25)27/h7-8,12-13,21-24,28-33,45H,9-11,14-20,41H2,1-6H3,(H,46,52)(H,47,57)(H,48,55)(H,49,54)(H,50,53)(H,51,56)(H4,42,43,44)/t28-,29-,30-,31+,32-,33-/m0/s1. The number of hydrogen-bond donors (Lipinski definition) is 10. The van der Waals surface area contributed by atoms with Gasteiger partial charge in [0, 0.05) is 30.1 Å². The number of hydrogen-bond acceptors (Lipinski definition) is 8. The number of nitrogens with two attached hydrogens (primary N) is 3. The van der Waals surface area contributed by atoms with Crippen LogP contribution in [0.5, 0.6) is 0 Å². The molecule has 0 aliphatic carbocycles. The van der Waals surface area contributed by atoms with Crippen molar-refractivity contribution < 1.29 is 28.8 Å². The number of fused-ring (bicyclic) bond motifs is 1. The summed E-state index contributed by atoms with van der Waals surface area (Å²) in [4.78, 5) is 91.8. The first-order valence-corrected chi connectivity index (χ1v) is 20.1. The molecule has 1 aliphatic rings. The molecular formula is C40H65N11O6. The number of para-hydroxylation sites is 1. The summed E-state index contributed by atoms with van der Waals surface area (Å²) in [5, 5.41) is 17.8. The maximum Gasteiger partial charge on any atom is 0.243 e. The van der Waals surface area contributed by atoms with E-state index in [9.17, 15) is 28.8 Å². The third kappa shape index (κ3) is 14.7. The zero-order valence-corrected chi connectivity index (χ0v) is 34.3. The molecule has 57 heavy (non-hydrogen) atoms. The smallest absolute Gasteiger partial charge is 0.243 e. The van der Waals surface area contributed by atoms with Gasteiger partial charge >= 0.3 is 0 Å². The number of rotatable bonds is 15. The zero-order valence-electron chi connectivity index (χ0n) is 34.3. The summed E-state index contributed by atoms with van der Waals surface area (Å²) in [6.45, 7) is 11.7. The summed E-state index contributed by atoms with van der Waals surface area (Å²) < 4.78 is 0. The van der Waals surface area contributed by atoms with Gasteiger partial charge in [0.15, 0.2) is 5.96 Å². The van der Waals surface area contributed by atoms with E-state index in [-0.39, 0.29) is 62.9 Å². The molecule has 0 unspecified atom stereocenters. The van der Waals surface area contributed by atoms with Gasteiger partial charge in [0.05, 0.1) is 0 Å². The highest BCUT2D eigenvalue weighted by Gasteiger charge is 2.36. The maximum atomic E-state index is 14.3. The summed E-state index contributed by atoms with van der Waals surface area (Å²) in [5.41, 5.74) is 18.4. The van der Waals surface area contributed by atoms with Crippen molar-refractivity contribution in [3.05, 3.63) is 36.0 Å². The van der Waals surface area contributed by atoms with Crippen molar-refractivity contribution in [2.45, 2.75) is 129 Å². The molecule has 1 aromatic carbocycles. The molecule has 0 radical (unpaired) electrons. The Morgan fingerprint density at radius 3 is 1.68 bits per heavy atom. The largest absolute Gasteiger partial charge is 0.370 e. The fraction of sp³-hybridized carbons (Fsp3) is 0.625. The van der Waals surface area contributed by atoms with Gasteiger partial charge in [0.25, 0.3) is 0 Å². The van der Waals surface area contributed by atoms with Gasteiger partial charge < -0.3 is 54.1 Å². The van der Waals surface area contributed by atoms with Crippen molar-refractivity contribution in [2.75, 3.05) is 13.1 Å². The van der Waals surface area contributed by atoms with Crippen LogP contribution in [0.1, 0.15) is 92.1 Å². The number of H-pyrrole nitrogens is 1. The topological polar surface area (TPSA) is 281 Å². The molecule has 6 atom stereocenters. The first-order valence-electron chi connectivity index (χ1n) is 20.1. The number of amides is 6. The number of nitrogens with zero attached hydrogens (tertiary/aromatic N) is 1. The van der Waals surface area contributed by atoms with Crippen LogP contribution in [-0.4, -0.2) is 95.7 Å². The number of guanidine groups is 1. The summed E-state index contributed by atoms with van der Waals surface area (Å²) in [6.07, 6.45) is 3.91. The minimum atomic E-state index is -1.20. The van der Waals surface area contributed by atoms with E-state index in [2.05, 4.69) is 41.9 Å². The van der Waals surface area contributed by atoms with Gasteiger partial charge in [0.2, 0.25) is 35.4 Å². The second kappa shape index (κ2) is 22.5. The van der Waals surface area contributed by atoms with Crippen molar-refractivity contribution in [1.82, 2.24) is 36.9 Å². The molecule has 17 heteroatoms. The minimum absolute atomic E-state index is 0.0258. The van der Waals surface area contributed by atoms with Gasteiger partial charge in [-0.25, -0.2) is 0 Å². The lowest BCUT2D eigenvalue weighted by molar-refractivity contribution is -0.137. The molecule has 0 bridgehead atoms. The normalized spacial score (nSPS) is 23.3. The van der Waals surface area contributed by atoms with Crippen LogP contribution in [-0.2, 0) is 35.2 Å². The Balaban J connectivity index is 2.15. The number of carbonyl (C=O) groups excluding carboxylic acids is 6. The lowest BCUT2D eigenvalue weighted by atomic mass is 9.97. The van der Waals surface area contributed by atoms with Crippen LogP contribution < -0.4 is 49.1 Å². The van der Waals surface area contributed by atoms with E-state index in [0.717, 1.165) is 16.5 Å². The maximum absolute atomic E-state index is 14.3. The van der Waals surface area contributed by atoms with E-state index >= 15 is 0 Å². The molecule has 1 saturated heterocycles. The second-order valence-corrected chi connectivity index (χ2v) is 16.1. The van der Waals surface area contributed by atoms with Crippen LogP contribution in [0.3, 0.4) is 0 Å². The van der Waals surface area contributed by atoms with E-state index < -0.39 is 77.6 Å². The zero-order chi connectivity index (χ0) is 42.2. The fourth-order valence-electron chi connectivity index (χ4n) is 6.81. The fourth-order valence-corrected chi connectivity index (χ4v) is 6.81. The number of aliphatic imine (C=N–C) groups is 1. The van der Waals surface area contributed by atoms with Crippen LogP contribution in [0.25, 0.3) is 10.9 Å². The first kappa shape index (κ1) is 46.2. The van der Waals surface area contributed by atoms with Crippen LogP contribution in [0.15, 0.2) is 35.5 Å². The predicted octanol–water partition coefficient (Wildman–Crippen LogP) is 0.564. The lowest BCUT2D eigenvalue weighted by Crippen LogP contribution is -2.62. The van der Waals surface area contributed by atoms with E-state index in [1.54, 1.807) is 20.0 Å². The highest BCUT2D eigenvalue weighted by Crippen LogP contribution is 2.20. The summed E-state index contributed by atoms with van der Waals surface area (Å²) in [6, 6.07) is 0.876. The Labute approximate surface area is 335 Å². The minimum Gasteiger partial charge on any atom is -0.370 e. The molecule has 0 saturated carbocycles. The van der Waals surface area contributed by atoms with Crippen molar-refractivity contribution in [2.24, 2.45) is 39.9 Å². The number of aromatic amines is 1. The number of nitrogens with one attached hydrogen (secondary N) is 7. The third-order valence-electron chi connectivity index (χ3n) is 9.82. The number of benzene rings is 1. The van der Waals surface area contributed by atoms with E-state index in [4.69, 9.17) is 17.2 Å². The van der Waals surface area contributed by atoms with Crippen molar-refractivity contribution in [3.8, 4) is 0 Å². The molecule has 1 aliphatic heterocycles. The molecular weight excluding hydrogens is 731 g/mol. The molecule has 6 amide bonds. The van der Waals surface area contributed by atoms with Crippen LogP contribution in [0.2, 0.25) is 0 Å². The number of aromatic nitrogens is 1.